The SMILES string of the molecule is CC(C)CC(N)C#CC(=O)OC(C)(C)C. The van der Waals surface area contributed by atoms with Gasteiger partial charge in [0.1, 0.15) is 5.60 Å². The van der Waals surface area contributed by atoms with E-state index in [0.29, 0.717) is 5.92 Å². The molecule has 0 aromatic carbocycles. The zero-order valence-corrected chi connectivity index (χ0v) is 10.3. The predicted octanol–water partition coefficient (Wildman–Crippen LogP) is 1.70. The van der Waals surface area contributed by atoms with Crippen LogP contribution in [0.3, 0.4) is 0 Å². The van der Waals surface area contributed by atoms with Crippen LogP contribution in [-0.2, 0) is 9.53 Å². The molecule has 0 aliphatic heterocycles. The van der Waals surface area contributed by atoms with Crippen molar-refractivity contribution in [2.45, 2.75) is 52.7 Å². The van der Waals surface area contributed by atoms with Gasteiger partial charge in [-0.2, -0.15) is 0 Å². The van der Waals surface area contributed by atoms with Gasteiger partial charge in [-0.25, -0.2) is 4.79 Å². The first-order valence-corrected chi connectivity index (χ1v) is 5.21. The summed E-state index contributed by atoms with van der Waals surface area (Å²) in [5, 5.41) is 0. The lowest BCUT2D eigenvalue weighted by Gasteiger charge is -2.17. The van der Waals surface area contributed by atoms with Gasteiger partial charge < -0.3 is 10.5 Å². The van der Waals surface area contributed by atoms with Gasteiger partial charge in [0, 0.05) is 5.92 Å². The topological polar surface area (TPSA) is 52.3 Å². The van der Waals surface area contributed by atoms with Gasteiger partial charge in [-0.15, -0.1) is 0 Å². The van der Waals surface area contributed by atoms with Crippen molar-refractivity contribution >= 4 is 5.97 Å². The number of rotatable bonds is 2. The van der Waals surface area contributed by atoms with Crippen LogP contribution >= 0.6 is 0 Å². The first-order chi connectivity index (χ1) is 6.70. The lowest BCUT2D eigenvalue weighted by atomic mass is 10.1. The van der Waals surface area contributed by atoms with E-state index in [1.807, 2.05) is 0 Å². The number of hydrogen-bond acceptors (Lipinski definition) is 3. The molecule has 3 nitrogen and oxygen atoms in total. The maximum absolute atomic E-state index is 11.2. The molecule has 0 fully saturated rings. The summed E-state index contributed by atoms with van der Waals surface area (Å²) in [7, 11) is 0. The van der Waals surface area contributed by atoms with Gasteiger partial charge in [-0.05, 0) is 33.1 Å². The summed E-state index contributed by atoms with van der Waals surface area (Å²) in [5.41, 5.74) is 5.21. The van der Waals surface area contributed by atoms with Crippen molar-refractivity contribution < 1.29 is 9.53 Å². The Morgan fingerprint density at radius 2 is 1.93 bits per heavy atom. The van der Waals surface area contributed by atoms with Crippen molar-refractivity contribution in [1.82, 2.24) is 0 Å². The van der Waals surface area contributed by atoms with Crippen molar-refractivity contribution in [3.63, 3.8) is 0 Å². The molecule has 0 aliphatic carbocycles. The molecule has 0 radical (unpaired) electrons. The average molecular weight is 211 g/mol. The van der Waals surface area contributed by atoms with Gasteiger partial charge in [0.15, 0.2) is 0 Å². The Morgan fingerprint density at radius 3 is 2.33 bits per heavy atom. The van der Waals surface area contributed by atoms with E-state index in [1.54, 1.807) is 20.8 Å². The van der Waals surface area contributed by atoms with E-state index in [9.17, 15) is 4.79 Å². The van der Waals surface area contributed by atoms with Crippen LogP contribution < -0.4 is 5.73 Å². The second-order valence-electron chi connectivity index (χ2n) is 5.01. The number of esters is 1. The largest absolute Gasteiger partial charge is 0.450 e. The molecule has 0 aromatic rings. The van der Waals surface area contributed by atoms with Crippen LogP contribution in [-0.4, -0.2) is 17.6 Å². The molecule has 0 saturated carbocycles. The van der Waals surface area contributed by atoms with Gasteiger partial charge in [0.25, 0.3) is 0 Å². The van der Waals surface area contributed by atoms with Gasteiger partial charge >= 0.3 is 5.97 Å². The second kappa shape index (κ2) is 5.77. The van der Waals surface area contributed by atoms with Crippen molar-refractivity contribution in [1.29, 1.82) is 0 Å². The Morgan fingerprint density at radius 1 is 1.40 bits per heavy atom. The maximum Gasteiger partial charge on any atom is 0.384 e. The number of carbonyl (C=O) groups is 1. The highest BCUT2D eigenvalue weighted by atomic mass is 16.6. The Labute approximate surface area is 92.4 Å². The smallest absolute Gasteiger partial charge is 0.384 e. The van der Waals surface area contributed by atoms with Crippen LogP contribution in [0.25, 0.3) is 0 Å². The standard InChI is InChI=1S/C12H21NO2/c1-9(2)8-10(13)6-7-11(14)15-12(3,4)5/h9-10H,8,13H2,1-5H3. The van der Waals surface area contributed by atoms with E-state index in [4.69, 9.17) is 10.5 Å². The molecule has 0 rings (SSSR count). The van der Waals surface area contributed by atoms with E-state index in [1.165, 1.54) is 0 Å². The van der Waals surface area contributed by atoms with Crippen LogP contribution in [0.1, 0.15) is 41.0 Å². The Balaban J connectivity index is 4.11. The zero-order chi connectivity index (χ0) is 12.1. The molecular formula is C12H21NO2. The Kier molecular flexibility index (Phi) is 5.38. The van der Waals surface area contributed by atoms with Crippen LogP contribution in [0.5, 0.6) is 0 Å². The Hall–Kier alpha value is -1.01. The predicted molar refractivity (Wildman–Crippen MR) is 61.1 cm³/mol. The van der Waals surface area contributed by atoms with E-state index < -0.39 is 11.6 Å². The summed E-state index contributed by atoms with van der Waals surface area (Å²) in [6, 6.07) is -0.252. The number of hydrogen-bond donors (Lipinski definition) is 1. The summed E-state index contributed by atoms with van der Waals surface area (Å²) >= 11 is 0. The van der Waals surface area contributed by atoms with E-state index in [2.05, 4.69) is 25.7 Å². The molecule has 1 atom stereocenters. The van der Waals surface area contributed by atoms with Gasteiger partial charge in [-0.1, -0.05) is 19.8 Å². The fraction of sp³-hybridized carbons (Fsp3) is 0.750. The molecular weight excluding hydrogens is 190 g/mol. The van der Waals surface area contributed by atoms with Crippen molar-refractivity contribution in [3.05, 3.63) is 0 Å². The highest BCUT2D eigenvalue weighted by molar-refractivity contribution is 5.88. The summed E-state index contributed by atoms with van der Waals surface area (Å²) in [6.07, 6.45) is 0.787. The van der Waals surface area contributed by atoms with E-state index in [-0.39, 0.29) is 6.04 Å². The summed E-state index contributed by atoms with van der Waals surface area (Å²) in [4.78, 5) is 11.2. The van der Waals surface area contributed by atoms with Crippen LogP contribution in [0.2, 0.25) is 0 Å². The molecule has 86 valence electrons. The zero-order valence-electron chi connectivity index (χ0n) is 10.3. The molecule has 0 heterocycles. The average Bonchev–Trinajstić information content (AvgIpc) is 1.96. The quantitative estimate of drug-likeness (QED) is 0.430. The molecule has 15 heavy (non-hydrogen) atoms. The molecule has 0 bridgehead atoms. The first-order valence-electron chi connectivity index (χ1n) is 5.21. The first kappa shape index (κ1) is 14.0. The molecule has 0 aromatic heterocycles. The monoisotopic (exact) mass is 211 g/mol. The summed E-state index contributed by atoms with van der Waals surface area (Å²) in [5.74, 6) is 5.06. The Bertz CT molecular complexity index is 266. The summed E-state index contributed by atoms with van der Waals surface area (Å²) < 4.78 is 5.02. The van der Waals surface area contributed by atoms with Gasteiger partial charge in [0.2, 0.25) is 0 Å². The molecule has 0 saturated heterocycles. The number of nitrogens with two attached hydrogens (primary N) is 1. The highest BCUT2D eigenvalue weighted by Gasteiger charge is 2.14. The van der Waals surface area contributed by atoms with E-state index in [0.717, 1.165) is 6.42 Å². The lowest BCUT2D eigenvalue weighted by molar-refractivity contribution is -0.147. The fourth-order valence-corrected chi connectivity index (χ4v) is 1.02. The van der Waals surface area contributed by atoms with Crippen molar-refractivity contribution in [3.8, 4) is 11.8 Å². The van der Waals surface area contributed by atoms with Crippen LogP contribution in [0.15, 0.2) is 0 Å². The molecule has 1 unspecified atom stereocenters. The van der Waals surface area contributed by atoms with Crippen molar-refractivity contribution in [2.75, 3.05) is 0 Å². The van der Waals surface area contributed by atoms with Crippen LogP contribution in [0.4, 0.5) is 0 Å². The van der Waals surface area contributed by atoms with E-state index >= 15 is 0 Å². The second-order valence-corrected chi connectivity index (χ2v) is 5.01. The van der Waals surface area contributed by atoms with Gasteiger partial charge in [0.05, 0.1) is 6.04 Å². The third-order valence-corrected chi connectivity index (χ3v) is 1.48. The third-order valence-electron chi connectivity index (χ3n) is 1.48. The molecule has 3 heteroatoms. The third kappa shape index (κ3) is 9.30. The normalized spacial score (nSPS) is 13.0. The maximum atomic E-state index is 11.2. The van der Waals surface area contributed by atoms with Crippen molar-refractivity contribution in [2.24, 2.45) is 11.7 Å². The number of ether oxygens (including phenoxy) is 1. The molecule has 0 spiro atoms. The fourth-order valence-electron chi connectivity index (χ4n) is 1.02. The number of carbonyl (C=O) groups excluding carboxylic acids is 1. The van der Waals surface area contributed by atoms with Crippen LogP contribution in [0, 0.1) is 17.8 Å². The minimum Gasteiger partial charge on any atom is -0.450 e. The highest BCUT2D eigenvalue weighted by Crippen LogP contribution is 2.06. The minimum atomic E-state index is -0.512. The molecule has 0 aliphatic rings. The lowest BCUT2D eigenvalue weighted by Crippen LogP contribution is -2.24. The summed E-state index contributed by atoms with van der Waals surface area (Å²) in [6.45, 7) is 9.55. The molecule has 2 N–H and O–H groups in total. The minimum absolute atomic E-state index is 0.252. The molecule has 0 amide bonds. The van der Waals surface area contributed by atoms with Gasteiger partial charge in [-0.3, -0.25) is 0 Å².